The molecule has 0 bridgehead atoms. The molecule has 1 fully saturated rings. The summed E-state index contributed by atoms with van der Waals surface area (Å²) in [5, 5.41) is 0. The smallest absolute Gasteiger partial charge is 0.306 e. The molecule has 0 saturated heterocycles. The molecular formula is C27H31FN2O2S. The summed E-state index contributed by atoms with van der Waals surface area (Å²) in [6.45, 7) is 2.39. The second-order valence-corrected chi connectivity index (χ2v) is 10.7. The van der Waals surface area contributed by atoms with Gasteiger partial charge in [0, 0.05) is 17.6 Å². The third-order valence-corrected chi connectivity index (χ3v) is 8.94. The van der Waals surface area contributed by atoms with Crippen LogP contribution in [0.4, 0.5) is 10.1 Å². The molecule has 6 heteroatoms. The van der Waals surface area contributed by atoms with Crippen LogP contribution in [0, 0.1) is 23.1 Å². The van der Waals surface area contributed by atoms with Crippen LogP contribution in [-0.4, -0.2) is 23.8 Å². The van der Waals surface area contributed by atoms with Gasteiger partial charge in [-0.25, -0.2) is 4.39 Å². The van der Waals surface area contributed by atoms with Crippen molar-refractivity contribution in [1.82, 2.24) is 4.98 Å². The average molecular weight is 467 g/mol. The SMILES string of the molecule is COC(=O)CCSNc1ccc2c(c1)CCC1C2CCC2(C)C(c3cncc(F)c3)=CCC12. The van der Waals surface area contributed by atoms with Crippen LogP contribution < -0.4 is 4.72 Å². The Bertz CT molecular complexity index is 1090. The Hall–Kier alpha value is -2.34. The molecule has 4 atom stereocenters. The summed E-state index contributed by atoms with van der Waals surface area (Å²) in [4.78, 5) is 15.4. The number of hydrogen-bond acceptors (Lipinski definition) is 5. The third kappa shape index (κ3) is 4.18. The van der Waals surface area contributed by atoms with E-state index in [-0.39, 0.29) is 17.2 Å². The van der Waals surface area contributed by atoms with Crippen LogP contribution >= 0.6 is 11.9 Å². The molecule has 4 unspecified atom stereocenters. The lowest BCUT2D eigenvalue weighted by molar-refractivity contribution is -0.140. The summed E-state index contributed by atoms with van der Waals surface area (Å²) in [7, 11) is 1.42. The van der Waals surface area contributed by atoms with Gasteiger partial charge >= 0.3 is 5.97 Å². The fourth-order valence-electron chi connectivity index (χ4n) is 6.59. The van der Waals surface area contributed by atoms with Gasteiger partial charge in [0.2, 0.25) is 0 Å². The molecule has 3 aliphatic carbocycles. The van der Waals surface area contributed by atoms with Crippen molar-refractivity contribution in [2.75, 3.05) is 17.6 Å². The predicted molar refractivity (Wildman–Crippen MR) is 131 cm³/mol. The fraction of sp³-hybridized carbons (Fsp3) is 0.481. The van der Waals surface area contributed by atoms with E-state index in [1.54, 1.807) is 18.0 Å². The molecule has 4 nitrogen and oxygen atoms in total. The van der Waals surface area contributed by atoms with E-state index in [0.29, 0.717) is 29.9 Å². The highest BCUT2D eigenvalue weighted by atomic mass is 32.2. The molecule has 5 rings (SSSR count). The first-order chi connectivity index (χ1) is 16.0. The molecular weight excluding hydrogens is 435 g/mol. The number of esters is 1. The van der Waals surface area contributed by atoms with E-state index in [9.17, 15) is 9.18 Å². The zero-order valence-corrected chi connectivity index (χ0v) is 20.1. The molecule has 33 heavy (non-hydrogen) atoms. The number of nitrogens with one attached hydrogen (secondary N) is 1. The number of carbonyl (C=O) groups is 1. The molecule has 1 aromatic heterocycles. The van der Waals surface area contributed by atoms with Gasteiger partial charge in [-0.1, -0.05) is 31.0 Å². The van der Waals surface area contributed by atoms with Crippen LogP contribution in [0.15, 0.2) is 42.7 Å². The standard InChI is InChI=1S/C27H31FN2O2S/c1-27-11-9-22-21-6-4-20(30-33-12-10-26(31)32-2)14-17(21)3-5-23(22)25(27)8-7-24(27)18-13-19(28)16-29-15-18/h4,6-7,13-16,22-23,25,30H,3,5,8-12H2,1-2H3. The lowest BCUT2D eigenvalue weighted by atomic mass is 9.54. The quantitative estimate of drug-likeness (QED) is 0.304. The molecule has 3 aliphatic rings. The maximum absolute atomic E-state index is 13.9. The van der Waals surface area contributed by atoms with E-state index in [2.05, 4.69) is 40.9 Å². The number of pyridine rings is 1. The van der Waals surface area contributed by atoms with E-state index in [1.807, 2.05) is 6.20 Å². The van der Waals surface area contributed by atoms with Crippen LogP contribution in [0.5, 0.6) is 0 Å². The number of aromatic nitrogens is 1. The number of allylic oxidation sites excluding steroid dienone is 2. The van der Waals surface area contributed by atoms with Crippen LogP contribution in [0.3, 0.4) is 0 Å². The topological polar surface area (TPSA) is 51.2 Å². The molecule has 174 valence electrons. The van der Waals surface area contributed by atoms with Crippen molar-refractivity contribution in [3.05, 3.63) is 65.2 Å². The number of rotatable bonds is 6. The van der Waals surface area contributed by atoms with Crippen LogP contribution in [-0.2, 0) is 16.0 Å². The third-order valence-electron chi connectivity index (χ3n) is 8.15. The Balaban J connectivity index is 1.29. The Morgan fingerprint density at radius 1 is 1.30 bits per heavy atom. The number of anilines is 1. The van der Waals surface area contributed by atoms with E-state index >= 15 is 0 Å². The summed E-state index contributed by atoms with van der Waals surface area (Å²) in [5.74, 6) is 2.13. The largest absolute Gasteiger partial charge is 0.469 e. The van der Waals surface area contributed by atoms with Crippen LogP contribution in [0.2, 0.25) is 0 Å². The predicted octanol–water partition coefficient (Wildman–Crippen LogP) is 6.39. The highest BCUT2D eigenvalue weighted by Crippen LogP contribution is 2.63. The van der Waals surface area contributed by atoms with Crippen molar-refractivity contribution in [3.8, 4) is 0 Å². The molecule has 0 amide bonds. The van der Waals surface area contributed by atoms with Crippen molar-refractivity contribution in [2.45, 2.75) is 51.4 Å². The lowest BCUT2D eigenvalue weighted by Gasteiger charge is -2.50. The highest BCUT2D eigenvalue weighted by Gasteiger charge is 2.51. The van der Waals surface area contributed by atoms with Crippen molar-refractivity contribution >= 4 is 29.2 Å². The fourth-order valence-corrected chi connectivity index (χ4v) is 7.26. The summed E-state index contributed by atoms with van der Waals surface area (Å²) in [6.07, 6.45) is 11.6. The lowest BCUT2D eigenvalue weighted by Crippen LogP contribution is -2.40. The summed E-state index contributed by atoms with van der Waals surface area (Å²) in [6, 6.07) is 8.43. The number of halogens is 1. The number of ether oxygens (including phenoxy) is 1. The number of nitrogens with zero attached hydrogens (tertiary/aromatic N) is 1. The highest BCUT2D eigenvalue weighted by molar-refractivity contribution is 8.00. The van der Waals surface area contributed by atoms with Gasteiger partial charge in [-0.15, -0.1) is 0 Å². The Morgan fingerprint density at radius 2 is 2.18 bits per heavy atom. The van der Waals surface area contributed by atoms with Gasteiger partial charge in [0.1, 0.15) is 5.82 Å². The number of carbonyl (C=O) groups excluding carboxylic acids is 1. The number of hydrogen-bond donors (Lipinski definition) is 1. The van der Waals surface area contributed by atoms with Crippen LogP contribution in [0.1, 0.15) is 61.6 Å². The van der Waals surface area contributed by atoms with E-state index < -0.39 is 0 Å². The monoisotopic (exact) mass is 466 g/mol. The first kappa shape index (κ1) is 22.5. The normalized spacial score (nSPS) is 27.7. The number of benzene rings is 1. The van der Waals surface area contributed by atoms with E-state index in [1.165, 1.54) is 42.8 Å². The second-order valence-electron chi connectivity index (χ2n) is 9.81. The molecule has 0 spiro atoms. The van der Waals surface area contributed by atoms with Gasteiger partial charge in [0.15, 0.2) is 0 Å². The molecule has 0 aliphatic heterocycles. The number of fused-ring (bicyclic) bond motifs is 5. The zero-order chi connectivity index (χ0) is 23.0. The second kappa shape index (κ2) is 9.13. The van der Waals surface area contributed by atoms with Crippen molar-refractivity contribution in [2.24, 2.45) is 17.3 Å². The molecule has 1 saturated carbocycles. The minimum atomic E-state index is -0.256. The molecule has 1 N–H and O–H groups in total. The molecule has 1 aromatic carbocycles. The minimum absolute atomic E-state index is 0.103. The van der Waals surface area contributed by atoms with Crippen molar-refractivity contribution in [1.29, 1.82) is 0 Å². The first-order valence-corrected chi connectivity index (χ1v) is 12.9. The van der Waals surface area contributed by atoms with Gasteiger partial charge in [-0.2, -0.15) is 0 Å². The van der Waals surface area contributed by atoms with Gasteiger partial charge < -0.3 is 9.46 Å². The van der Waals surface area contributed by atoms with Crippen LogP contribution in [0.25, 0.3) is 5.57 Å². The zero-order valence-electron chi connectivity index (χ0n) is 19.3. The Labute approximate surface area is 199 Å². The van der Waals surface area contributed by atoms with Crippen molar-refractivity contribution in [3.63, 3.8) is 0 Å². The number of aryl methyl sites for hydroxylation is 1. The van der Waals surface area contributed by atoms with Gasteiger partial charge in [-0.05, 0) is 95.7 Å². The maximum atomic E-state index is 13.9. The summed E-state index contributed by atoms with van der Waals surface area (Å²) in [5.41, 5.74) is 6.43. The molecule has 0 radical (unpaired) electrons. The molecule has 2 aromatic rings. The Morgan fingerprint density at radius 3 is 3.00 bits per heavy atom. The average Bonchev–Trinajstić information content (AvgIpc) is 3.18. The summed E-state index contributed by atoms with van der Waals surface area (Å²) >= 11 is 1.55. The number of methoxy groups -OCH3 is 1. The van der Waals surface area contributed by atoms with Crippen molar-refractivity contribution < 1.29 is 13.9 Å². The maximum Gasteiger partial charge on any atom is 0.306 e. The van der Waals surface area contributed by atoms with E-state index in [4.69, 9.17) is 4.74 Å². The molecule has 1 heterocycles. The minimum Gasteiger partial charge on any atom is -0.469 e. The van der Waals surface area contributed by atoms with Gasteiger partial charge in [0.05, 0.1) is 19.7 Å². The first-order valence-electron chi connectivity index (χ1n) is 11.9. The van der Waals surface area contributed by atoms with Gasteiger partial charge in [-0.3, -0.25) is 9.78 Å². The summed E-state index contributed by atoms with van der Waals surface area (Å²) < 4.78 is 21.9. The van der Waals surface area contributed by atoms with E-state index in [0.717, 1.165) is 30.5 Å². The Kier molecular flexibility index (Phi) is 6.21. The van der Waals surface area contributed by atoms with Gasteiger partial charge in [0.25, 0.3) is 0 Å².